The Morgan fingerprint density at radius 2 is 2.11 bits per heavy atom. The van der Waals surface area contributed by atoms with Crippen LogP contribution in [0.25, 0.3) is 0 Å². The third-order valence-corrected chi connectivity index (χ3v) is 5.23. The Kier molecular flexibility index (Phi) is 7.45. The lowest BCUT2D eigenvalue weighted by atomic mass is 9.81. The first-order valence-electron chi connectivity index (χ1n) is 9.71. The molecule has 1 aromatic heterocycles. The van der Waals surface area contributed by atoms with Gasteiger partial charge < -0.3 is 24.6 Å². The van der Waals surface area contributed by atoms with E-state index >= 15 is 0 Å². The Bertz CT molecular complexity index is 744. The quantitative estimate of drug-likeness (QED) is 0.687. The lowest BCUT2D eigenvalue weighted by Crippen LogP contribution is -2.40. The van der Waals surface area contributed by atoms with E-state index in [1.54, 1.807) is 14.2 Å². The zero-order valence-corrected chi connectivity index (χ0v) is 16.6. The topological polar surface area (TPSA) is 85.6 Å². The highest BCUT2D eigenvalue weighted by Gasteiger charge is 2.28. The van der Waals surface area contributed by atoms with E-state index in [9.17, 15) is 4.79 Å². The summed E-state index contributed by atoms with van der Waals surface area (Å²) in [6.45, 7) is 2.79. The summed E-state index contributed by atoms with van der Waals surface area (Å²) in [5.41, 5.74) is 1.98. The predicted molar refractivity (Wildman–Crippen MR) is 105 cm³/mol. The third-order valence-electron chi connectivity index (χ3n) is 5.23. The molecule has 2 atom stereocenters. The summed E-state index contributed by atoms with van der Waals surface area (Å²) in [6, 6.07) is 9.68. The number of amides is 1. The minimum Gasteiger partial charge on any atom is -0.497 e. The van der Waals surface area contributed by atoms with Gasteiger partial charge in [0.05, 0.1) is 12.8 Å². The van der Waals surface area contributed by atoms with E-state index in [-0.39, 0.29) is 5.91 Å². The molecule has 1 amide bonds. The van der Waals surface area contributed by atoms with Gasteiger partial charge >= 0.3 is 0 Å². The first-order chi connectivity index (χ1) is 13.7. The molecule has 0 aliphatic carbocycles. The number of carbonyl (C=O) groups is 1. The SMILES string of the molecule is COCc1cc(CC2CNCCC2CC(=O)NCc2ccc(OC)cc2)no1. The molecule has 0 saturated carbocycles. The van der Waals surface area contributed by atoms with E-state index in [1.165, 1.54) is 0 Å². The fourth-order valence-electron chi connectivity index (χ4n) is 3.67. The van der Waals surface area contributed by atoms with Gasteiger partial charge in [-0.3, -0.25) is 4.79 Å². The maximum Gasteiger partial charge on any atom is 0.220 e. The summed E-state index contributed by atoms with van der Waals surface area (Å²) >= 11 is 0. The highest BCUT2D eigenvalue weighted by molar-refractivity contribution is 5.76. The van der Waals surface area contributed by atoms with Crippen LogP contribution in [-0.4, -0.2) is 38.4 Å². The molecule has 1 aromatic carbocycles. The summed E-state index contributed by atoms with van der Waals surface area (Å²) in [5, 5.41) is 10.6. The predicted octanol–water partition coefficient (Wildman–Crippen LogP) is 2.30. The van der Waals surface area contributed by atoms with Crippen molar-refractivity contribution in [2.45, 2.75) is 32.4 Å². The summed E-state index contributed by atoms with van der Waals surface area (Å²) in [4.78, 5) is 12.5. The van der Waals surface area contributed by atoms with Crippen LogP contribution in [0.5, 0.6) is 5.75 Å². The second-order valence-corrected chi connectivity index (χ2v) is 7.26. The molecule has 0 bridgehead atoms. The molecule has 7 heteroatoms. The lowest BCUT2D eigenvalue weighted by molar-refractivity contribution is -0.122. The number of ether oxygens (including phenoxy) is 2. The first kappa shape index (κ1) is 20.4. The Hall–Kier alpha value is -2.38. The van der Waals surface area contributed by atoms with Gasteiger partial charge in [0.25, 0.3) is 0 Å². The van der Waals surface area contributed by atoms with E-state index in [0.717, 1.165) is 48.7 Å². The van der Waals surface area contributed by atoms with E-state index < -0.39 is 0 Å². The van der Waals surface area contributed by atoms with Gasteiger partial charge in [-0.1, -0.05) is 17.3 Å². The third kappa shape index (κ3) is 5.81. The summed E-state index contributed by atoms with van der Waals surface area (Å²) in [7, 11) is 3.28. The van der Waals surface area contributed by atoms with Crippen molar-refractivity contribution >= 4 is 5.91 Å². The molecule has 152 valence electrons. The van der Waals surface area contributed by atoms with Crippen LogP contribution >= 0.6 is 0 Å². The average Bonchev–Trinajstić information content (AvgIpc) is 3.15. The van der Waals surface area contributed by atoms with Crippen LogP contribution < -0.4 is 15.4 Å². The van der Waals surface area contributed by atoms with Crippen molar-refractivity contribution in [3.63, 3.8) is 0 Å². The molecule has 28 heavy (non-hydrogen) atoms. The number of hydrogen-bond donors (Lipinski definition) is 2. The summed E-state index contributed by atoms with van der Waals surface area (Å²) in [6.07, 6.45) is 2.32. The van der Waals surface area contributed by atoms with Gasteiger partial charge in [-0.2, -0.15) is 0 Å². The first-order valence-corrected chi connectivity index (χ1v) is 9.71. The van der Waals surface area contributed by atoms with Crippen LogP contribution in [0, 0.1) is 11.8 Å². The molecular formula is C21H29N3O4. The molecule has 1 fully saturated rings. The monoisotopic (exact) mass is 387 g/mol. The van der Waals surface area contributed by atoms with Crippen molar-refractivity contribution in [2.24, 2.45) is 11.8 Å². The molecule has 1 aliphatic rings. The van der Waals surface area contributed by atoms with Crippen LogP contribution in [0.4, 0.5) is 0 Å². The highest BCUT2D eigenvalue weighted by Crippen LogP contribution is 2.26. The second kappa shape index (κ2) is 10.2. The maximum atomic E-state index is 12.5. The molecule has 1 aliphatic heterocycles. The highest BCUT2D eigenvalue weighted by atomic mass is 16.5. The zero-order valence-electron chi connectivity index (χ0n) is 16.6. The molecule has 7 nitrogen and oxygen atoms in total. The van der Waals surface area contributed by atoms with E-state index in [0.29, 0.717) is 31.4 Å². The number of nitrogens with one attached hydrogen (secondary N) is 2. The molecule has 3 rings (SSSR count). The number of nitrogens with zero attached hydrogens (tertiary/aromatic N) is 1. The van der Waals surface area contributed by atoms with Crippen LogP contribution in [0.15, 0.2) is 34.9 Å². The Morgan fingerprint density at radius 3 is 2.86 bits per heavy atom. The van der Waals surface area contributed by atoms with Crippen LogP contribution in [0.1, 0.15) is 29.9 Å². The fraction of sp³-hybridized carbons (Fsp3) is 0.524. The Labute approximate surface area is 165 Å². The molecular weight excluding hydrogens is 358 g/mol. The lowest BCUT2D eigenvalue weighted by Gasteiger charge is -2.31. The van der Waals surface area contributed by atoms with Gasteiger partial charge in [-0.05, 0) is 55.5 Å². The van der Waals surface area contributed by atoms with Crippen LogP contribution in [0.3, 0.4) is 0 Å². The van der Waals surface area contributed by atoms with E-state index in [2.05, 4.69) is 15.8 Å². The molecule has 0 radical (unpaired) electrons. The van der Waals surface area contributed by atoms with E-state index in [1.807, 2.05) is 30.3 Å². The minimum atomic E-state index is 0.0907. The van der Waals surface area contributed by atoms with Gasteiger partial charge in [0.2, 0.25) is 5.91 Å². The zero-order chi connectivity index (χ0) is 19.8. The number of benzene rings is 1. The van der Waals surface area contributed by atoms with Crippen molar-refractivity contribution in [3.05, 3.63) is 47.3 Å². The van der Waals surface area contributed by atoms with Gasteiger partial charge in [0.15, 0.2) is 5.76 Å². The summed E-state index contributed by atoms with van der Waals surface area (Å²) in [5.74, 6) is 2.33. The minimum absolute atomic E-state index is 0.0907. The number of piperidine rings is 1. The van der Waals surface area contributed by atoms with Gasteiger partial charge in [0, 0.05) is 26.1 Å². The molecule has 2 heterocycles. The molecule has 2 aromatic rings. The number of aromatic nitrogens is 1. The van der Waals surface area contributed by atoms with Crippen LogP contribution in [0.2, 0.25) is 0 Å². The molecule has 2 unspecified atom stereocenters. The van der Waals surface area contributed by atoms with E-state index in [4.69, 9.17) is 14.0 Å². The van der Waals surface area contributed by atoms with Crippen molar-refractivity contribution in [2.75, 3.05) is 27.3 Å². The Morgan fingerprint density at radius 1 is 1.29 bits per heavy atom. The van der Waals surface area contributed by atoms with Crippen molar-refractivity contribution in [1.82, 2.24) is 15.8 Å². The molecule has 1 saturated heterocycles. The summed E-state index contributed by atoms with van der Waals surface area (Å²) < 4.78 is 15.5. The maximum absolute atomic E-state index is 12.5. The molecule has 2 N–H and O–H groups in total. The fourth-order valence-corrected chi connectivity index (χ4v) is 3.67. The Balaban J connectivity index is 1.50. The molecule has 0 spiro atoms. The second-order valence-electron chi connectivity index (χ2n) is 7.26. The van der Waals surface area contributed by atoms with Gasteiger partial charge in [-0.15, -0.1) is 0 Å². The van der Waals surface area contributed by atoms with Crippen molar-refractivity contribution in [1.29, 1.82) is 0 Å². The van der Waals surface area contributed by atoms with Gasteiger partial charge in [-0.25, -0.2) is 0 Å². The normalized spacial score (nSPS) is 19.4. The largest absolute Gasteiger partial charge is 0.497 e. The van der Waals surface area contributed by atoms with Crippen molar-refractivity contribution in [3.8, 4) is 5.75 Å². The number of carbonyl (C=O) groups excluding carboxylic acids is 1. The van der Waals surface area contributed by atoms with Crippen LogP contribution in [-0.2, 0) is 29.1 Å². The smallest absolute Gasteiger partial charge is 0.220 e. The average molecular weight is 387 g/mol. The number of rotatable bonds is 9. The van der Waals surface area contributed by atoms with Gasteiger partial charge in [0.1, 0.15) is 12.4 Å². The van der Waals surface area contributed by atoms with Crippen molar-refractivity contribution < 1.29 is 18.8 Å². The number of methoxy groups -OCH3 is 2. The number of hydrogen-bond acceptors (Lipinski definition) is 6. The standard InChI is InChI=1S/C21H29N3O4/c1-26-14-20-11-18(24-28-20)9-17-13-22-8-7-16(17)10-21(25)23-12-15-3-5-19(27-2)6-4-15/h3-6,11,16-17,22H,7-10,12-14H2,1-2H3,(H,23,25).